The molecule has 142 valence electrons. The Kier molecular flexibility index (Phi) is 4.94. The van der Waals surface area contributed by atoms with Crippen LogP contribution in [0, 0.1) is 11.6 Å². The highest BCUT2D eigenvalue weighted by atomic mass is 19.1. The number of hydrogen-bond acceptors (Lipinski definition) is 4. The number of amides is 1. The first-order chi connectivity index (χ1) is 13.1. The molecule has 2 fully saturated rings. The van der Waals surface area contributed by atoms with Crippen molar-refractivity contribution >= 4 is 17.5 Å². The van der Waals surface area contributed by atoms with Crippen molar-refractivity contribution in [2.45, 2.75) is 31.7 Å². The Balaban J connectivity index is 1.41. The molecule has 2 unspecified atom stereocenters. The normalized spacial score (nSPS) is 21.2. The molecular formula is C20H20F2N2O3. The molecule has 4 rings (SSSR count). The van der Waals surface area contributed by atoms with E-state index in [-0.39, 0.29) is 30.2 Å². The molecular weight excluding hydrogens is 354 g/mol. The molecule has 0 radical (unpaired) electrons. The molecule has 7 heteroatoms. The standard InChI is InChI=1S/C20H20F2N2O3/c21-17-8-14(23-20(25)26-12-13-4-2-1-3-5-13)9-18(22)19(17)24-10-15-6-7-16(11-24)27-15/h1-5,8-9,15-16H,6-7,10-12H2,(H,23,25). The van der Waals surface area contributed by atoms with Gasteiger partial charge in [0, 0.05) is 18.8 Å². The van der Waals surface area contributed by atoms with Crippen molar-refractivity contribution in [2.75, 3.05) is 23.3 Å². The highest BCUT2D eigenvalue weighted by Gasteiger charge is 2.35. The summed E-state index contributed by atoms with van der Waals surface area (Å²) < 4.78 is 39.9. The topological polar surface area (TPSA) is 50.8 Å². The van der Waals surface area contributed by atoms with Gasteiger partial charge in [-0.25, -0.2) is 13.6 Å². The zero-order chi connectivity index (χ0) is 18.8. The van der Waals surface area contributed by atoms with E-state index in [4.69, 9.17) is 9.47 Å². The van der Waals surface area contributed by atoms with Gasteiger partial charge >= 0.3 is 6.09 Å². The molecule has 2 bridgehead atoms. The number of anilines is 2. The second-order valence-electron chi connectivity index (χ2n) is 6.84. The van der Waals surface area contributed by atoms with Crippen LogP contribution in [0.25, 0.3) is 0 Å². The maximum absolute atomic E-state index is 14.6. The number of carbonyl (C=O) groups is 1. The zero-order valence-corrected chi connectivity index (χ0v) is 14.7. The number of rotatable bonds is 4. The summed E-state index contributed by atoms with van der Waals surface area (Å²) in [4.78, 5) is 13.6. The van der Waals surface area contributed by atoms with Gasteiger partial charge in [0.05, 0.1) is 12.2 Å². The first kappa shape index (κ1) is 17.7. The van der Waals surface area contributed by atoms with Gasteiger partial charge in [-0.3, -0.25) is 5.32 Å². The monoisotopic (exact) mass is 374 g/mol. The number of fused-ring (bicyclic) bond motifs is 2. The summed E-state index contributed by atoms with van der Waals surface area (Å²) in [6, 6.07) is 11.4. The maximum Gasteiger partial charge on any atom is 0.411 e. The fourth-order valence-electron chi connectivity index (χ4n) is 3.61. The Labute approximate surface area is 155 Å². The molecule has 2 atom stereocenters. The number of halogens is 2. The minimum atomic E-state index is -0.769. The summed E-state index contributed by atoms with van der Waals surface area (Å²) >= 11 is 0. The lowest BCUT2D eigenvalue weighted by molar-refractivity contribution is 0.0300. The van der Waals surface area contributed by atoms with Gasteiger partial charge < -0.3 is 14.4 Å². The third-order valence-corrected chi connectivity index (χ3v) is 4.84. The first-order valence-electron chi connectivity index (χ1n) is 8.95. The largest absolute Gasteiger partial charge is 0.444 e. The number of morpholine rings is 1. The molecule has 0 aromatic heterocycles. The van der Waals surface area contributed by atoms with Crippen molar-refractivity contribution in [3.05, 3.63) is 59.7 Å². The van der Waals surface area contributed by atoms with Crippen LogP contribution in [-0.4, -0.2) is 31.4 Å². The van der Waals surface area contributed by atoms with E-state index in [1.165, 1.54) is 0 Å². The fourth-order valence-corrected chi connectivity index (χ4v) is 3.61. The van der Waals surface area contributed by atoms with Gasteiger partial charge in [0.15, 0.2) is 11.6 Å². The van der Waals surface area contributed by atoms with Crippen LogP contribution in [0.3, 0.4) is 0 Å². The summed E-state index contributed by atoms with van der Waals surface area (Å²) in [6.07, 6.45) is 1.10. The highest BCUT2D eigenvalue weighted by Crippen LogP contribution is 2.33. The lowest BCUT2D eigenvalue weighted by Crippen LogP contribution is -2.43. The summed E-state index contributed by atoms with van der Waals surface area (Å²) in [6.45, 7) is 1.01. The molecule has 1 N–H and O–H groups in total. The fraction of sp³-hybridized carbons (Fsp3) is 0.350. The molecule has 2 saturated heterocycles. The Bertz CT molecular complexity index is 796. The zero-order valence-electron chi connectivity index (χ0n) is 14.7. The quantitative estimate of drug-likeness (QED) is 0.876. The van der Waals surface area contributed by atoms with Crippen LogP contribution in [0.5, 0.6) is 0 Å². The first-order valence-corrected chi connectivity index (χ1v) is 8.95. The van der Waals surface area contributed by atoms with Crippen molar-refractivity contribution in [1.29, 1.82) is 0 Å². The van der Waals surface area contributed by atoms with Crippen molar-refractivity contribution in [3.8, 4) is 0 Å². The van der Waals surface area contributed by atoms with E-state index >= 15 is 0 Å². The average Bonchev–Trinajstić information content (AvgIpc) is 2.98. The molecule has 2 aliphatic rings. The predicted octanol–water partition coefficient (Wildman–Crippen LogP) is 4.08. The van der Waals surface area contributed by atoms with Gasteiger partial charge in [0.2, 0.25) is 0 Å². The second-order valence-corrected chi connectivity index (χ2v) is 6.84. The SMILES string of the molecule is O=C(Nc1cc(F)c(N2CC3CCC(C2)O3)c(F)c1)OCc1ccccc1. The van der Waals surface area contributed by atoms with Crippen molar-refractivity contribution in [1.82, 2.24) is 0 Å². The summed E-state index contributed by atoms with van der Waals surface area (Å²) in [5.74, 6) is -1.43. The molecule has 2 aromatic carbocycles. The summed E-state index contributed by atoms with van der Waals surface area (Å²) in [5, 5.41) is 2.37. The minimum absolute atomic E-state index is 0.0167. The average molecular weight is 374 g/mol. The third kappa shape index (κ3) is 4.03. The lowest BCUT2D eigenvalue weighted by atomic mass is 10.2. The highest BCUT2D eigenvalue weighted by molar-refractivity contribution is 5.85. The Morgan fingerprint density at radius 2 is 1.74 bits per heavy atom. The number of nitrogens with zero attached hydrogens (tertiary/aromatic N) is 1. The molecule has 27 heavy (non-hydrogen) atoms. The van der Waals surface area contributed by atoms with Crippen LogP contribution in [-0.2, 0) is 16.1 Å². The molecule has 0 saturated carbocycles. The van der Waals surface area contributed by atoms with E-state index in [2.05, 4.69) is 5.32 Å². The summed E-state index contributed by atoms with van der Waals surface area (Å²) in [7, 11) is 0. The lowest BCUT2D eigenvalue weighted by Gasteiger charge is -2.34. The Morgan fingerprint density at radius 3 is 2.37 bits per heavy atom. The molecule has 0 spiro atoms. The summed E-state index contributed by atoms with van der Waals surface area (Å²) in [5.41, 5.74) is 0.767. The number of nitrogens with one attached hydrogen (secondary N) is 1. The van der Waals surface area contributed by atoms with E-state index in [1.54, 1.807) is 4.90 Å². The number of hydrogen-bond donors (Lipinski definition) is 1. The number of benzene rings is 2. The van der Waals surface area contributed by atoms with Gasteiger partial charge in [-0.15, -0.1) is 0 Å². The number of carbonyl (C=O) groups excluding carboxylic acids is 1. The van der Waals surface area contributed by atoms with Crippen LogP contribution in [0.4, 0.5) is 25.0 Å². The van der Waals surface area contributed by atoms with E-state index < -0.39 is 17.7 Å². The van der Waals surface area contributed by atoms with E-state index in [1.807, 2.05) is 30.3 Å². The van der Waals surface area contributed by atoms with Crippen LogP contribution < -0.4 is 10.2 Å². The van der Waals surface area contributed by atoms with E-state index in [0.29, 0.717) is 13.1 Å². The van der Waals surface area contributed by atoms with Crippen LogP contribution in [0.1, 0.15) is 18.4 Å². The smallest absolute Gasteiger partial charge is 0.411 e. The van der Waals surface area contributed by atoms with E-state index in [9.17, 15) is 13.6 Å². The molecule has 1 amide bonds. The van der Waals surface area contributed by atoms with Crippen LogP contribution >= 0.6 is 0 Å². The van der Waals surface area contributed by atoms with Gasteiger partial charge in [0.25, 0.3) is 0 Å². The van der Waals surface area contributed by atoms with Crippen molar-refractivity contribution in [2.24, 2.45) is 0 Å². The van der Waals surface area contributed by atoms with Crippen molar-refractivity contribution < 1.29 is 23.0 Å². The third-order valence-electron chi connectivity index (χ3n) is 4.84. The van der Waals surface area contributed by atoms with Crippen LogP contribution in [0.15, 0.2) is 42.5 Å². The van der Waals surface area contributed by atoms with Gasteiger partial charge in [-0.1, -0.05) is 30.3 Å². The Hall–Kier alpha value is -2.67. The molecule has 2 heterocycles. The van der Waals surface area contributed by atoms with Gasteiger partial charge in [0.1, 0.15) is 12.3 Å². The molecule has 5 nitrogen and oxygen atoms in total. The molecule has 2 aromatic rings. The predicted molar refractivity (Wildman–Crippen MR) is 96.7 cm³/mol. The van der Waals surface area contributed by atoms with Crippen LogP contribution in [0.2, 0.25) is 0 Å². The molecule has 2 aliphatic heterocycles. The maximum atomic E-state index is 14.6. The van der Waals surface area contributed by atoms with E-state index in [0.717, 1.165) is 30.5 Å². The van der Waals surface area contributed by atoms with Gasteiger partial charge in [-0.05, 0) is 30.5 Å². The number of ether oxygens (including phenoxy) is 2. The van der Waals surface area contributed by atoms with Crippen molar-refractivity contribution in [3.63, 3.8) is 0 Å². The molecule has 0 aliphatic carbocycles. The second kappa shape index (κ2) is 7.52. The van der Waals surface area contributed by atoms with Gasteiger partial charge in [-0.2, -0.15) is 0 Å². The Morgan fingerprint density at radius 1 is 1.11 bits per heavy atom. The minimum Gasteiger partial charge on any atom is -0.444 e.